The van der Waals surface area contributed by atoms with Crippen LogP contribution in [-0.4, -0.2) is 26.0 Å². The van der Waals surface area contributed by atoms with Crippen LogP contribution in [0, 0.1) is 15.9 Å². The van der Waals surface area contributed by atoms with Crippen LogP contribution in [0.3, 0.4) is 0 Å². The van der Waals surface area contributed by atoms with Gasteiger partial charge in [0.05, 0.1) is 22.9 Å². The van der Waals surface area contributed by atoms with E-state index in [0.29, 0.717) is 18.3 Å². The Morgan fingerprint density at radius 1 is 1.50 bits per heavy atom. The van der Waals surface area contributed by atoms with Gasteiger partial charge in [0.2, 0.25) is 0 Å². The Kier molecular flexibility index (Phi) is 3.15. The van der Waals surface area contributed by atoms with Crippen LogP contribution in [-0.2, 0) is 6.54 Å². The van der Waals surface area contributed by atoms with Gasteiger partial charge < -0.3 is 5.32 Å². The SMILES string of the molecule is O=[N+]([O-])c1ccc(-n2cc(CNC3CC3)nn2)c(F)c1. The molecule has 0 spiro atoms. The first kappa shape index (κ1) is 12.7. The third-order valence-corrected chi connectivity index (χ3v) is 3.08. The summed E-state index contributed by atoms with van der Waals surface area (Å²) < 4.78 is 15.1. The molecular formula is C12H12FN5O2. The highest BCUT2D eigenvalue weighted by Crippen LogP contribution is 2.20. The van der Waals surface area contributed by atoms with Crippen LogP contribution in [0.5, 0.6) is 0 Å². The van der Waals surface area contributed by atoms with E-state index >= 15 is 0 Å². The lowest BCUT2D eigenvalue weighted by Gasteiger charge is -2.01. The Balaban J connectivity index is 1.79. The number of nitro benzene ring substituents is 1. The number of hydrogen-bond acceptors (Lipinski definition) is 5. The van der Waals surface area contributed by atoms with Crippen LogP contribution in [0.2, 0.25) is 0 Å². The Hall–Kier alpha value is -2.35. The molecule has 0 amide bonds. The van der Waals surface area contributed by atoms with Crippen LogP contribution in [0.15, 0.2) is 24.4 Å². The number of nitrogens with zero attached hydrogens (tertiary/aromatic N) is 4. The minimum Gasteiger partial charge on any atom is -0.308 e. The van der Waals surface area contributed by atoms with Crippen molar-refractivity contribution in [3.63, 3.8) is 0 Å². The molecule has 1 fully saturated rings. The molecule has 1 aliphatic carbocycles. The fourth-order valence-electron chi connectivity index (χ4n) is 1.83. The van der Waals surface area contributed by atoms with E-state index in [9.17, 15) is 14.5 Å². The molecule has 2 aromatic rings. The van der Waals surface area contributed by atoms with Crippen molar-refractivity contribution in [3.8, 4) is 5.69 Å². The molecule has 1 aromatic heterocycles. The molecule has 104 valence electrons. The van der Waals surface area contributed by atoms with Gasteiger partial charge in [0.15, 0.2) is 5.82 Å². The lowest BCUT2D eigenvalue weighted by molar-refractivity contribution is -0.385. The topological polar surface area (TPSA) is 85.9 Å². The summed E-state index contributed by atoms with van der Waals surface area (Å²) in [5.41, 5.74) is 0.553. The van der Waals surface area contributed by atoms with Crippen molar-refractivity contribution in [2.45, 2.75) is 25.4 Å². The number of nitrogens with one attached hydrogen (secondary N) is 1. The van der Waals surface area contributed by atoms with Crippen LogP contribution < -0.4 is 5.32 Å². The first-order valence-electron chi connectivity index (χ1n) is 6.22. The van der Waals surface area contributed by atoms with Gasteiger partial charge in [-0.1, -0.05) is 5.21 Å². The Bertz CT molecular complexity index is 653. The van der Waals surface area contributed by atoms with Crippen LogP contribution in [0.4, 0.5) is 10.1 Å². The van der Waals surface area contributed by atoms with Gasteiger partial charge in [0, 0.05) is 18.7 Å². The molecule has 1 aromatic carbocycles. The highest BCUT2D eigenvalue weighted by atomic mass is 19.1. The van der Waals surface area contributed by atoms with E-state index in [1.807, 2.05) is 0 Å². The number of benzene rings is 1. The van der Waals surface area contributed by atoms with Crippen LogP contribution in [0.1, 0.15) is 18.5 Å². The first-order chi connectivity index (χ1) is 9.63. The van der Waals surface area contributed by atoms with Gasteiger partial charge >= 0.3 is 0 Å². The van der Waals surface area contributed by atoms with E-state index in [1.165, 1.54) is 29.7 Å². The lowest BCUT2D eigenvalue weighted by Crippen LogP contribution is -2.15. The minimum absolute atomic E-state index is 0.140. The molecule has 1 saturated carbocycles. The fourth-order valence-corrected chi connectivity index (χ4v) is 1.83. The maximum atomic E-state index is 13.8. The van der Waals surface area contributed by atoms with Crippen molar-refractivity contribution in [3.05, 3.63) is 46.0 Å². The normalized spacial score (nSPS) is 14.4. The molecular weight excluding hydrogens is 265 g/mol. The van der Waals surface area contributed by atoms with E-state index in [-0.39, 0.29) is 11.4 Å². The van der Waals surface area contributed by atoms with Gasteiger partial charge in [0.1, 0.15) is 5.69 Å². The molecule has 0 aliphatic heterocycles. The minimum atomic E-state index is -0.703. The average molecular weight is 277 g/mol. The van der Waals surface area contributed by atoms with Crippen molar-refractivity contribution < 1.29 is 9.31 Å². The molecule has 8 heteroatoms. The largest absolute Gasteiger partial charge is 0.308 e. The molecule has 0 saturated heterocycles. The van der Waals surface area contributed by atoms with Gasteiger partial charge in [-0.15, -0.1) is 5.10 Å². The summed E-state index contributed by atoms with van der Waals surface area (Å²) in [4.78, 5) is 9.92. The Labute approximate surface area is 113 Å². The third kappa shape index (κ3) is 2.64. The summed E-state index contributed by atoms with van der Waals surface area (Å²) in [7, 11) is 0. The standard InChI is InChI=1S/C12H12FN5O2/c13-11-5-10(18(19)20)3-4-12(11)17-7-9(15-16-17)6-14-8-1-2-8/h3-5,7-8,14H,1-2,6H2. The average Bonchev–Trinajstić information content (AvgIpc) is 3.14. The number of hydrogen-bond donors (Lipinski definition) is 1. The summed E-state index contributed by atoms with van der Waals surface area (Å²) in [6.07, 6.45) is 3.95. The monoisotopic (exact) mass is 277 g/mol. The van der Waals surface area contributed by atoms with Gasteiger partial charge in [0.25, 0.3) is 5.69 Å². The zero-order chi connectivity index (χ0) is 14.1. The number of aromatic nitrogens is 3. The number of rotatable bonds is 5. The van der Waals surface area contributed by atoms with E-state index in [0.717, 1.165) is 6.07 Å². The summed E-state index contributed by atoms with van der Waals surface area (Å²) in [5, 5.41) is 21.6. The highest BCUT2D eigenvalue weighted by Gasteiger charge is 2.20. The van der Waals surface area contributed by atoms with E-state index in [4.69, 9.17) is 0 Å². The van der Waals surface area contributed by atoms with Gasteiger partial charge in [-0.05, 0) is 18.9 Å². The lowest BCUT2D eigenvalue weighted by atomic mass is 10.2. The Morgan fingerprint density at radius 2 is 2.30 bits per heavy atom. The molecule has 1 heterocycles. The van der Waals surface area contributed by atoms with E-state index < -0.39 is 10.7 Å². The summed E-state index contributed by atoms with van der Waals surface area (Å²) in [6, 6.07) is 3.98. The third-order valence-electron chi connectivity index (χ3n) is 3.08. The molecule has 20 heavy (non-hydrogen) atoms. The zero-order valence-electron chi connectivity index (χ0n) is 10.5. The second-order valence-corrected chi connectivity index (χ2v) is 4.70. The predicted molar refractivity (Wildman–Crippen MR) is 67.8 cm³/mol. The summed E-state index contributed by atoms with van der Waals surface area (Å²) in [5.74, 6) is -0.703. The van der Waals surface area contributed by atoms with Gasteiger partial charge in [-0.2, -0.15) is 0 Å². The highest BCUT2D eigenvalue weighted by molar-refractivity contribution is 5.41. The quantitative estimate of drug-likeness (QED) is 0.662. The second-order valence-electron chi connectivity index (χ2n) is 4.70. The molecule has 0 radical (unpaired) electrons. The molecule has 0 atom stereocenters. The van der Waals surface area contributed by atoms with E-state index in [1.54, 1.807) is 6.20 Å². The fraction of sp³-hybridized carbons (Fsp3) is 0.333. The van der Waals surface area contributed by atoms with Gasteiger partial charge in [-0.25, -0.2) is 9.07 Å². The van der Waals surface area contributed by atoms with Crippen molar-refractivity contribution in [1.82, 2.24) is 20.3 Å². The van der Waals surface area contributed by atoms with E-state index in [2.05, 4.69) is 15.6 Å². The number of halogens is 1. The maximum Gasteiger partial charge on any atom is 0.272 e. The number of nitro groups is 1. The number of non-ortho nitro benzene ring substituents is 1. The predicted octanol–water partition coefficient (Wildman–Crippen LogP) is 1.57. The van der Waals surface area contributed by atoms with Crippen molar-refractivity contribution in [1.29, 1.82) is 0 Å². The first-order valence-corrected chi connectivity index (χ1v) is 6.22. The second kappa shape index (κ2) is 4.97. The molecule has 0 unspecified atom stereocenters. The zero-order valence-corrected chi connectivity index (χ0v) is 10.5. The van der Waals surface area contributed by atoms with Crippen molar-refractivity contribution in [2.75, 3.05) is 0 Å². The molecule has 1 N–H and O–H groups in total. The molecule has 7 nitrogen and oxygen atoms in total. The van der Waals surface area contributed by atoms with Crippen molar-refractivity contribution in [2.24, 2.45) is 0 Å². The molecule has 3 rings (SSSR count). The molecule has 0 bridgehead atoms. The smallest absolute Gasteiger partial charge is 0.272 e. The van der Waals surface area contributed by atoms with Gasteiger partial charge in [-0.3, -0.25) is 10.1 Å². The van der Waals surface area contributed by atoms with Crippen molar-refractivity contribution >= 4 is 5.69 Å². The van der Waals surface area contributed by atoms with Crippen LogP contribution in [0.25, 0.3) is 5.69 Å². The van der Waals surface area contributed by atoms with Crippen LogP contribution >= 0.6 is 0 Å². The Morgan fingerprint density at radius 3 is 2.95 bits per heavy atom. The summed E-state index contributed by atoms with van der Waals surface area (Å²) >= 11 is 0. The summed E-state index contributed by atoms with van der Waals surface area (Å²) in [6.45, 7) is 0.583. The molecule has 1 aliphatic rings. The maximum absolute atomic E-state index is 13.8.